The van der Waals surface area contributed by atoms with Crippen LogP contribution in [-0.2, 0) is 6.42 Å². The van der Waals surface area contributed by atoms with Gasteiger partial charge in [0.05, 0.1) is 26.2 Å². The Morgan fingerprint density at radius 2 is 1.69 bits per heavy atom. The number of aromatic nitrogens is 2. The maximum absolute atomic E-state index is 13.1. The van der Waals surface area contributed by atoms with Gasteiger partial charge in [0.15, 0.2) is 17.3 Å². The minimum Gasteiger partial charge on any atom is -0.493 e. The van der Waals surface area contributed by atoms with Crippen molar-refractivity contribution in [1.29, 1.82) is 0 Å². The first-order chi connectivity index (χ1) is 17.3. The van der Waals surface area contributed by atoms with Crippen LogP contribution in [0.1, 0.15) is 57.8 Å². The van der Waals surface area contributed by atoms with Crippen LogP contribution in [0.4, 0.5) is 5.82 Å². The number of fused-ring (bicyclic) bond motifs is 1. The molecule has 1 spiro atoms. The van der Waals surface area contributed by atoms with E-state index >= 15 is 0 Å². The second-order valence-corrected chi connectivity index (χ2v) is 9.87. The van der Waals surface area contributed by atoms with E-state index in [4.69, 9.17) is 19.2 Å². The van der Waals surface area contributed by atoms with Gasteiger partial charge >= 0.3 is 0 Å². The molecule has 188 valence electrons. The number of ketones is 1. The Labute approximate surface area is 212 Å². The predicted molar refractivity (Wildman–Crippen MR) is 139 cm³/mol. The van der Waals surface area contributed by atoms with Gasteiger partial charge in [0, 0.05) is 43.6 Å². The number of carbonyl (C=O) groups is 1. The molecule has 1 aromatic heterocycles. The van der Waals surface area contributed by atoms with Gasteiger partial charge in [-0.25, -0.2) is 9.97 Å². The second kappa shape index (κ2) is 9.45. The molecule has 0 radical (unpaired) electrons. The highest BCUT2D eigenvalue weighted by Crippen LogP contribution is 2.48. The number of benzene rings is 2. The maximum atomic E-state index is 13.1. The summed E-state index contributed by atoms with van der Waals surface area (Å²) in [6.07, 6.45) is 2.57. The monoisotopic (exact) mass is 487 g/mol. The molecule has 0 aliphatic carbocycles. The lowest BCUT2D eigenvalue weighted by Crippen LogP contribution is -2.51. The molecule has 2 aromatic carbocycles. The minimum absolute atomic E-state index is 0.0828. The van der Waals surface area contributed by atoms with E-state index < -0.39 is 5.60 Å². The molecule has 0 bridgehead atoms. The number of piperidine rings is 1. The predicted octanol–water partition coefficient (Wildman–Crippen LogP) is 5.01. The normalized spacial score (nSPS) is 16.5. The van der Waals surface area contributed by atoms with Crippen LogP contribution in [0, 0.1) is 20.8 Å². The van der Waals surface area contributed by atoms with Gasteiger partial charge in [-0.1, -0.05) is 29.8 Å². The van der Waals surface area contributed by atoms with Gasteiger partial charge in [0.25, 0.3) is 0 Å². The number of rotatable bonds is 5. The highest BCUT2D eigenvalue weighted by atomic mass is 16.5. The van der Waals surface area contributed by atoms with Crippen LogP contribution >= 0.6 is 0 Å². The van der Waals surface area contributed by atoms with Crippen molar-refractivity contribution >= 4 is 11.6 Å². The molecule has 3 aromatic rings. The van der Waals surface area contributed by atoms with Crippen LogP contribution < -0.4 is 19.1 Å². The molecule has 5 rings (SSSR count). The highest BCUT2D eigenvalue weighted by Gasteiger charge is 2.45. The Morgan fingerprint density at radius 3 is 2.36 bits per heavy atom. The number of hydrogen-bond acceptors (Lipinski definition) is 7. The topological polar surface area (TPSA) is 73.8 Å². The maximum Gasteiger partial charge on any atom is 0.204 e. The smallest absolute Gasteiger partial charge is 0.204 e. The summed E-state index contributed by atoms with van der Waals surface area (Å²) < 4.78 is 17.6. The van der Waals surface area contributed by atoms with Gasteiger partial charge in [-0.2, -0.15) is 0 Å². The summed E-state index contributed by atoms with van der Waals surface area (Å²) in [6, 6.07) is 12.2. The zero-order chi connectivity index (χ0) is 25.4. The third-order valence-electron chi connectivity index (χ3n) is 7.38. The van der Waals surface area contributed by atoms with Crippen LogP contribution in [0.3, 0.4) is 0 Å². The van der Waals surface area contributed by atoms with Crippen molar-refractivity contribution in [2.24, 2.45) is 0 Å². The van der Waals surface area contributed by atoms with Gasteiger partial charge < -0.3 is 19.1 Å². The molecular weight excluding hydrogens is 454 g/mol. The zero-order valence-corrected chi connectivity index (χ0v) is 21.7. The van der Waals surface area contributed by atoms with Gasteiger partial charge in [0.1, 0.15) is 17.2 Å². The van der Waals surface area contributed by atoms with Crippen molar-refractivity contribution in [2.45, 2.75) is 52.1 Å². The number of methoxy groups -OCH3 is 2. The SMILES string of the molecule is COc1ccc2c(c1OC)OC1(CCN(c3nc(C)nc(C)c3Cc3ccc(C)cc3)CC1)CC2=O. The van der Waals surface area contributed by atoms with E-state index in [1.54, 1.807) is 26.4 Å². The Morgan fingerprint density at radius 1 is 0.972 bits per heavy atom. The summed E-state index contributed by atoms with van der Waals surface area (Å²) in [7, 11) is 3.16. The van der Waals surface area contributed by atoms with Gasteiger partial charge in [0.2, 0.25) is 5.75 Å². The lowest BCUT2D eigenvalue weighted by molar-refractivity contribution is 0.0207. The average Bonchev–Trinajstić information content (AvgIpc) is 2.86. The van der Waals surface area contributed by atoms with Gasteiger partial charge in [-0.3, -0.25) is 4.79 Å². The van der Waals surface area contributed by atoms with Crippen LogP contribution in [-0.4, -0.2) is 48.7 Å². The molecule has 2 aliphatic heterocycles. The lowest BCUT2D eigenvalue weighted by atomic mass is 9.82. The lowest BCUT2D eigenvalue weighted by Gasteiger charge is -2.44. The number of Topliss-reactive ketones (excluding diaryl/α,β-unsaturated/α-hetero) is 1. The van der Waals surface area contributed by atoms with Crippen molar-refractivity contribution < 1.29 is 19.0 Å². The second-order valence-electron chi connectivity index (χ2n) is 9.87. The third-order valence-corrected chi connectivity index (χ3v) is 7.38. The third kappa shape index (κ3) is 4.38. The molecule has 36 heavy (non-hydrogen) atoms. The summed E-state index contributed by atoms with van der Waals surface area (Å²) in [4.78, 5) is 25.0. The van der Waals surface area contributed by atoms with Crippen LogP contribution in [0.5, 0.6) is 17.2 Å². The Bertz CT molecular complexity index is 1290. The van der Waals surface area contributed by atoms with Crippen molar-refractivity contribution in [3.05, 3.63) is 70.2 Å². The molecule has 1 saturated heterocycles. The van der Waals surface area contributed by atoms with Crippen LogP contribution in [0.2, 0.25) is 0 Å². The first-order valence-electron chi connectivity index (χ1n) is 12.4. The molecule has 2 aliphatic rings. The molecule has 0 atom stereocenters. The van der Waals surface area contributed by atoms with Gasteiger partial charge in [-0.15, -0.1) is 0 Å². The Balaban J connectivity index is 1.41. The molecule has 7 nitrogen and oxygen atoms in total. The highest BCUT2D eigenvalue weighted by molar-refractivity contribution is 6.01. The van der Waals surface area contributed by atoms with Crippen molar-refractivity contribution in [3.63, 3.8) is 0 Å². The molecule has 7 heteroatoms. The van der Waals surface area contributed by atoms with Crippen LogP contribution in [0.25, 0.3) is 0 Å². The summed E-state index contributed by atoms with van der Waals surface area (Å²) in [5.41, 5.74) is 4.64. The fourth-order valence-corrected chi connectivity index (χ4v) is 5.36. The fourth-order valence-electron chi connectivity index (χ4n) is 5.36. The Kier molecular flexibility index (Phi) is 6.33. The summed E-state index contributed by atoms with van der Waals surface area (Å²) in [5.74, 6) is 3.37. The van der Waals surface area contributed by atoms with E-state index in [-0.39, 0.29) is 5.78 Å². The minimum atomic E-state index is -0.561. The first kappa shape index (κ1) is 24.1. The van der Waals surface area contributed by atoms with Crippen molar-refractivity contribution in [2.75, 3.05) is 32.2 Å². The standard InChI is InChI=1S/C29H33N3O4/c1-18-6-8-21(9-7-18)16-23-19(2)30-20(3)31-28(23)32-14-12-29(13-15-32)17-24(33)22-10-11-25(34-4)27(35-5)26(22)36-29/h6-11H,12-17H2,1-5H3. The molecule has 0 saturated carbocycles. The largest absolute Gasteiger partial charge is 0.493 e. The van der Waals surface area contributed by atoms with Crippen LogP contribution in [0.15, 0.2) is 36.4 Å². The van der Waals surface area contributed by atoms with E-state index in [2.05, 4.69) is 48.0 Å². The number of hydrogen-bond donors (Lipinski definition) is 0. The van der Waals surface area contributed by atoms with E-state index in [0.29, 0.717) is 42.1 Å². The summed E-state index contributed by atoms with van der Waals surface area (Å²) in [5, 5.41) is 0. The summed E-state index contributed by atoms with van der Waals surface area (Å²) >= 11 is 0. The van der Waals surface area contributed by atoms with Gasteiger partial charge in [-0.05, 0) is 38.5 Å². The molecule has 1 fully saturated rings. The van der Waals surface area contributed by atoms with Crippen molar-refractivity contribution in [3.8, 4) is 17.2 Å². The number of carbonyl (C=O) groups excluding carboxylic acids is 1. The number of anilines is 1. The first-order valence-corrected chi connectivity index (χ1v) is 12.4. The zero-order valence-electron chi connectivity index (χ0n) is 21.7. The van der Waals surface area contributed by atoms with E-state index in [0.717, 1.165) is 42.4 Å². The van der Waals surface area contributed by atoms with E-state index in [9.17, 15) is 4.79 Å². The van der Waals surface area contributed by atoms with E-state index in [1.165, 1.54) is 11.1 Å². The summed E-state index contributed by atoms with van der Waals surface area (Å²) in [6.45, 7) is 7.59. The molecular formula is C29H33N3O4. The molecule has 0 amide bonds. The quantitative estimate of drug-likeness (QED) is 0.501. The Hall–Kier alpha value is -3.61. The molecule has 0 N–H and O–H groups in total. The number of ether oxygens (including phenoxy) is 3. The number of nitrogens with zero attached hydrogens (tertiary/aromatic N) is 3. The number of aryl methyl sites for hydroxylation is 3. The van der Waals surface area contributed by atoms with E-state index in [1.807, 2.05) is 6.92 Å². The molecule has 0 unspecified atom stereocenters. The fraction of sp³-hybridized carbons (Fsp3) is 0.414. The average molecular weight is 488 g/mol. The molecule has 3 heterocycles. The van der Waals surface area contributed by atoms with Crippen molar-refractivity contribution in [1.82, 2.24) is 9.97 Å².